The van der Waals surface area contributed by atoms with Gasteiger partial charge in [0.1, 0.15) is 5.75 Å². The number of allylic oxidation sites excluding steroid dienone is 2. The number of rotatable bonds is 5. The summed E-state index contributed by atoms with van der Waals surface area (Å²) in [5.41, 5.74) is 24.4. The largest absolute Gasteiger partial charge is 0.496 e. The minimum atomic E-state index is -2.14. The van der Waals surface area contributed by atoms with E-state index in [2.05, 4.69) is 164 Å². The Kier molecular flexibility index (Phi) is 8.87. The van der Waals surface area contributed by atoms with Gasteiger partial charge < -0.3 is 4.74 Å². The molecule has 0 saturated heterocycles. The molecule has 2 aliphatic rings. The number of fused-ring (bicyclic) bond motifs is 2. The number of ether oxygens (including phenoxy) is 1. The minimum Gasteiger partial charge on any atom is -0.496 e. The van der Waals surface area contributed by atoms with Gasteiger partial charge in [-0.2, -0.15) is 0 Å². The highest BCUT2D eigenvalue weighted by molar-refractivity contribution is 6.81. The Hall–Kier alpha value is -3.62. The maximum absolute atomic E-state index is 6.38. The van der Waals surface area contributed by atoms with Gasteiger partial charge in [-0.05, 0) is 109 Å². The van der Waals surface area contributed by atoms with Crippen molar-refractivity contribution in [3.63, 3.8) is 0 Å². The highest BCUT2D eigenvalue weighted by atomic mass is 28.3. The highest BCUT2D eigenvalue weighted by Gasteiger charge is 2.48. The summed E-state index contributed by atoms with van der Waals surface area (Å²) in [6.45, 7) is 35.6. The van der Waals surface area contributed by atoms with Crippen LogP contribution in [0.2, 0.25) is 13.1 Å². The third-order valence-electron chi connectivity index (χ3n) is 11.6. The molecule has 0 spiro atoms. The van der Waals surface area contributed by atoms with Crippen molar-refractivity contribution in [3.8, 4) is 28.0 Å². The van der Waals surface area contributed by atoms with Crippen LogP contribution in [0.1, 0.15) is 128 Å². The zero-order valence-corrected chi connectivity index (χ0v) is 34.8. The fraction of sp³-hybridized carbons (Fsp3) is 0.417. The summed E-state index contributed by atoms with van der Waals surface area (Å²) in [6, 6.07) is 19.2. The van der Waals surface area contributed by atoms with Gasteiger partial charge in [-0.3, -0.25) is 0 Å². The fourth-order valence-electron chi connectivity index (χ4n) is 10.0. The quantitative estimate of drug-likeness (QED) is 0.191. The zero-order chi connectivity index (χ0) is 36.8. The van der Waals surface area contributed by atoms with Crippen LogP contribution in [0.25, 0.3) is 34.4 Å². The van der Waals surface area contributed by atoms with E-state index in [4.69, 9.17) is 4.74 Å². The molecule has 0 aliphatic heterocycles. The van der Waals surface area contributed by atoms with E-state index in [0.29, 0.717) is 11.1 Å². The first-order chi connectivity index (χ1) is 23.1. The number of benzene rings is 4. The van der Waals surface area contributed by atoms with E-state index in [0.717, 1.165) is 5.75 Å². The molecule has 0 heterocycles. The molecule has 2 aliphatic carbocycles. The van der Waals surface area contributed by atoms with E-state index in [1.54, 1.807) is 5.56 Å². The van der Waals surface area contributed by atoms with Crippen LogP contribution >= 0.6 is 0 Å². The zero-order valence-electron chi connectivity index (χ0n) is 33.8. The number of hydrogen-bond donors (Lipinski definition) is 0. The van der Waals surface area contributed by atoms with Gasteiger partial charge in [0, 0.05) is 22.2 Å². The van der Waals surface area contributed by atoms with Crippen molar-refractivity contribution in [3.05, 3.63) is 121 Å². The first kappa shape index (κ1) is 36.2. The highest BCUT2D eigenvalue weighted by Crippen LogP contribution is 2.57. The second-order valence-electron chi connectivity index (χ2n) is 18.5. The molecule has 0 bridgehead atoms. The summed E-state index contributed by atoms with van der Waals surface area (Å²) in [7, 11) is -0.286. The topological polar surface area (TPSA) is 9.23 Å². The summed E-state index contributed by atoms with van der Waals surface area (Å²) in [5.74, 6) is 1.02. The standard InChI is InChI=1S/C48H60OSi/c1-27-17-28(2)20-34(19-27)42-33(7)40(47(8,9)10)25-38-36(42)23-31(5)45(38)50(15,16)46-32(6)24-37-39(46)26-41(48(11,12)13)44(49-14)43(37)35-21-29(3)18-30(4)22-35/h17-26,45-46H,1-16H3. The second-order valence-corrected chi connectivity index (χ2v) is 23.3. The smallest absolute Gasteiger partial charge is 0.131 e. The Morgan fingerprint density at radius 2 is 0.900 bits per heavy atom. The Balaban J connectivity index is 1.62. The minimum absolute atomic E-state index is 0.0360. The van der Waals surface area contributed by atoms with Gasteiger partial charge in [0.15, 0.2) is 0 Å². The number of methoxy groups -OCH3 is 1. The van der Waals surface area contributed by atoms with Crippen LogP contribution in [0.3, 0.4) is 0 Å². The van der Waals surface area contributed by atoms with Gasteiger partial charge in [-0.15, -0.1) is 0 Å². The van der Waals surface area contributed by atoms with Crippen molar-refractivity contribution in [2.45, 2.75) is 125 Å². The molecule has 0 saturated carbocycles. The molecule has 2 heteroatoms. The summed E-state index contributed by atoms with van der Waals surface area (Å²) in [5, 5.41) is 0. The molecule has 0 radical (unpaired) electrons. The average Bonchev–Trinajstić information content (AvgIpc) is 3.49. The van der Waals surface area contributed by atoms with E-state index in [-0.39, 0.29) is 10.8 Å². The monoisotopic (exact) mass is 680 g/mol. The summed E-state index contributed by atoms with van der Waals surface area (Å²) < 4.78 is 6.38. The molecule has 2 atom stereocenters. The number of hydrogen-bond acceptors (Lipinski definition) is 1. The molecule has 0 fully saturated rings. The van der Waals surface area contributed by atoms with Gasteiger partial charge >= 0.3 is 0 Å². The lowest BCUT2D eigenvalue weighted by Crippen LogP contribution is -2.42. The molecule has 1 nitrogen and oxygen atoms in total. The van der Waals surface area contributed by atoms with Crippen molar-refractivity contribution in [2.24, 2.45) is 0 Å². The lowest BCUT2D eigenvalue weighted by molar-refractivity contribution is 0.399. The van der Waals surface area contributed by atoms with Gasteiger partial charge in [0.2, 0.25) is 0 Å². The van der Waals surface area contributed by atoms with Gasteiger partial charge in [-0.25, -0.2) is 0 Å². The third-order valence-corrected chi connectivity index (χ3v) is 16.1. The van der Waals surface area contributed by atoms with Crippen molar-refractivity contribution < 1.29 is 4.74 Å². The van der Waals surface area contributed by atoms with Gasteiger partial charge in [0.25, 0.3) is 0 Å². The average molecular weight is 681 g/mol. The Morgan fingerprint density at radius 1 is 0.520 bits per heavy atom. The molecule has 6 rings (SSSR count). The van der Waals surface area contributed by atoms with E-state index in [1.807, 2.05) is 7.11 Å². The molecule has 4 aromatic carbocycles. The molecule has 262 valence electrons. The van der Waals surface area contributed by atoms with Crippen LogP contribution < -0.4 is 4.74 Å². The first-order valence-corrected chi connectivity index (χ1v) is 21.8. The first-order valence-electron chi connectivity index (χ1n) is 18.6. The molecule has 2 unspecified atom stereocenters. The molecular weight excluding hydrogens is 621 g/mol. The second kappa shape index (κ2) is 12.3. The van der Waals surface area contributed by atoms with Crippen LogP contribution in [0.15, 0.2) is 59.7 Å². The molecule has 50 heavy (non-hydrogen) atoms. The van der Waals surface area contributed by atoms with Crippen LogP contribution in [-0.4, -0.2) is 15.2 Å². The van der Waals surface area contributed by atoms with Crippen molar-refractivity contribution in [1.29, 1.82) is 0 Å². The van der Waals surface area contributed by atoms with Gasteiger partial charge in [-0.1, -0.05) is 149 Å². The van der Waals surface area contributed by atoms with E-state index in [9.17, 15) is 0 Å². The molecule has 0 amide bonds. The summed E-state index contributed by atoms with van der Waals surface area (Å²) in [4.78, 5) is 0. The van der Waals surface area contributed by atoms with Crippen LogP contribution in [0, 0.1) is 34.6 Å². The van der Waals surface area contributed by atoms with E-state index >= 15 is 0 Å². The lowest BCUT2D eigenvalue weighted by atomic mass is 9.78. The lowest BCUT2D eigenvalue weighted by Gasteiger charge is -2.40. The van der Waals surface area contributed by atoms with Crippen LogP contribution in [0.5, 0.6) is 5.75 Å². The normalized spacial score (nSPS) is 17.4. The predicted molar refractivity (Wildman–Crippen MR) is 222 cm³/mol. The maximum atomic E-state index is 6.38. The molecule has 4 aromatic rings. The van der Waals surface area contributed by atoms with Crippen molar-refractivity contribution >= 4 is 20.2 Å². The van der Waals surface area contributed by atoms with Crippen LogP contribution in [-0.2, 0) is 10.8 Å². The van der Waals surface area contributed by atoms with Crippen molar-refractivity contribution in [1.82, 2.24) is 0 Å². The number of aryl methyl sites for hydroxylation is 4. The molecule has 0 aromatic heterocycles. The Labute approximate surface area is 304 Å². The van der Waals surface area contributed by atoms with Crippen molar-refractivity contribution in [2.75, 3.05) is 7.11 Å². The maximum Gasteiger partial charge on any atom is 0.131 e. The van der Waals surface area contributed by atoms with E-state index < -0.39 is 8.07 Å². The SMILES string of the molecule is COc1c(C(C)(C)C)cc2c(c1-c1cc(C)cc(C)c1)C=C(C)C2[Si](C)(C)C1C(C)=Cc2c1cc(C(C)(C)C)c(C)c2-c1cc(C)cc(C)c1. The van der Waals surface area contributed by atoms with Crippen LogP contribution in [0.4, 0.5) is 0 Å². The molecule has 0 N–H and O–H groups in total. The fourth-order valence-corrected chi connectivity index (χ4v) is 14.9. The summed E-state index contributed by atoms with van der Waals surface area (Å²) in [6.07, 6.45) is 5.08. The third kappa shape index (κ3) is 5.96. The summed E-state index contributed by atoms with van der Waals surface area (Å²) >= 11 is 0. The molecular formula is C48H60OSi. The Morgan fingerprint density at radius 3 is 1.30 bits per heavy atom. The van der Waals surface area contributed by atoms with E-state index in [1.165, 1.54) is 89.0 Å². The predicted octanol–water partition coefficient (Wildman–Crippen LogP) is 13.7. The van der Waals surface area contributed by atoms with Gasteiger partial charge in [0.05, 0.1) is 15.2 Å². The Bertz CT molecular complexity index is 2060.